The number of hydrogen-bond acceptors (Lipinski definition) is 5. The van der Waals surface area contributed by atoms with Gasteiger partial charge in [-0.1, -0.05) is 48.5 Å². The number of nitrogens with zero attached hydrogens (tertiary/aromatic N) is 2. The summed E-state index contributed by atoms with van der Waals surface area (Å²) in [5, 5.41) is 6.79. The second kappa shape index (κ2) is 10.6. The van der Waals surface area contributed by atoms with Crippen LogP contribution < -0.4 is 15.0 Å². The Morgan fingerprint density at radius 1 is 0.879 bits per heavy atom. The number of hydrazone groups is 1. The van der Waals surface area contributed by atoms with E-state index in [1.807, 2.05) is 0 Å². The summed E-state index contributed by atoms with van der Waals surface area (Å²) in [6.45, 7) is 2.66. The molecule has 0 aliphatic heterocycles. The standard InChI is InChI=1S/C24H24N4O4S/c1-18(20-10-9-11-21(16-20)25-19(2)29)26-27-24(30)17-28(22-12-5-3-6-13-22)33(31,32)23-14-7-4-8-15-23/h3-16H,17H2,1-2H3,(H,25,29)(H,27,30)/b26-18-. The summed E-state index contributed by atoms with van der Waals surface area (Å²) in [5.74, 6) is -0.800. The quantitative estimate of drug-likeness (QED) is 0.394. The highest BCUT2D eigenvalue weighted by Crippen LogP contribution is 2.23. The van der Waals surface area contributed by atoms with Crippen LogP contribution in [0, 0.1) is 0 Å². The van der Waals surface area contributed by atoms with Gasteiger partial charge in [0.15, 0.2) is 0 Å². The molecule has 0 radical (unpaired) electrons. The van der Waals surface area contributed by atoms with Crippen LogP contribution in [0.25, 0.3) is 0 Å². The smallest absolute Gasteiger partial charge is 0.264 e. The monoisotopic (exact) mass is 464 g/mol. The van der Waals surface area contributed by atoms with Crippen LogP contribution in [0.1, 0.15) is 19.4 Å². The fourth-order valence-corrected chi connectivity index (χ4v) is 4.47. The van der Waals surface area contributed by atoms with Crippen LogP contribution in [0.3, 0.4) is 0 Å². The molecule has 0 aliphatic carbocycles. The van der Waals surface area contributed by atoms with Crippen molar-refractivity contribution >= 4 is 38.9 Å². The Labute approximate surface area is 193 Å². The summed E-state index contributed by atoms with van der Waals surface area (Å²) in [6, 6.07) is 23.3. The lowest BCUT2D eigenvalue weighted by Gasteiger charge is -2.23. The van der Waals surface area contributed by atoms with E-state index in [1.165, 1.54) is 19.1 Å². The number of para-hydroxylation sites is 1. The van der Waals surface area contributed by atoms with Crippen molar-refractivity contribution in [1.82, 2.24) is 5.43 Å². The Hall–Kier alpha value is -3.98. The van der Waals surface area contributed by atoms with Crippen molar-refractivity contribution in [2.45, 2.75) is 18.7 Å². The molecule has 3 rings (SSSR count). The van der Waals surface area contributed by atoms with Crippen LogP contribution in [-0.2, 0) is 19.6 Å². The van der Waals surface area contributed by atoms with E-state index < -0.39 is 22.5 Å². The Balaban J connectivity index is 1.80. The van der Waals surface area contributed by atoms with Crippen LogP contribution in [-0.4, -0.2) is 32.5 Å². The van der Waals surface area contributed by atoms with Crippen molar-refractivity contribution in [2.75, 3.05) is 16.2 Å². The van der Waals surface area contributed by atoms with Gasteiger partial charge in [-0.15, -0.1) is 0 Å². The molecule has 3 aromatic carbocycles. The Morgan fingerprint density at radius 3 is 2.15 bits per heavy atom. The molecule has 0 atom stereocenters. The molecule has 0 bridgehead atoms. The number of hydrogen-bond donors (Lipinski definition) is 2. The van der Waals surface area contributed by atoms with E-state index in [9.17, 15) is 18.0 Å². The molecule has 0 aliphatic rings. The first kappa shape index (κ1) is 23.7. The SMILES string of the molecule is CC(=O)Nc1cccc(/C(C)=N\NC(=O)CN(c2ccccc2)S(=O)(=O)c2ccccc2)c1. The third-order valence-electron chi connectivity index (χ3n) is 4.61. The first-order chi connectivity index (χ1) is 15.8. The highest BCUT2D eigenvalue weighted by molar-refractivity contribution is 7.92. The number of rotatable bonds is 8. The third kappa shape index (κ3) is 6.27. The molecule has 0 fully saturated rings. The van der Waals surface area contributed by atoms with E-state index >= 15 is 0 Å². The molecular formula is C24H24N4O4S. The number of benzene rings is 3. The van der Waals surface area contributed by atoms with Gasteiger partial charge in [0.1, 0.15) is 6.54 Å². The van der Waals surface area contributed by atoms with E-state index in [0.29, 0.717) is 22.6 Å². The van der Waals surface area contributed by atoms with Gasteiger partial charge in [-0.3, -0.25) is 13.9 Å². The van der Waals surface area contributed by atoms with Crippen LogP contribution in [0.4, 0.5) is 11.4 Å². The van der Waals surface area contributed by atoms with Gasteiger partial charge in [-0.25, -0.2) is 13.8 Å². The van der Waals surface area contributed by atoms with Gasteiger partial charge >= 0.3 is 0 Å². The van der Waals surface area contributed by atoms with Gasteiger partial charge in [0.05, 0.1) is 16.3 Å². The summed E-state index contributed by atoms with van der Waals surface area (Å²) in [4.78, 5) is 24.0. The van der Waals surface area contributed by atoms with Crippen LogP contribution in [0.5, 0.6) is 0 Å². The van der Waals surface area contributed by atoms with Gasteiger partial charge in [0.2, 0.25) is 5.91 Å². The van der Waals surface area contributed by atoms with Gasteiger partial charge in [0.25, 0.3) is 15.9 Å². The minimum Gasteiger partial charge on any atom is -0.326 e. The normalized spacial score (nSPS) is 11.5. The molecule has 3 aromatic rings. The summed E-state index contributed by atoms with van der Waals surface area (Å²) in [6.07, 6.45) is 0. The fraction of sp³-hybridized carbons (Fsp3) is 0.125. The van der Waals surface area contributed by atoms with Crippen LogP contribution in [0.15, 0.2) is 94.9 Å². The fourth-order valence-electron chi connectivity index (χ4n) is 3.03. The van der Waals surface area contributed by atoms with Crippen molar-refractivity contribution in [2.24, 2.45) is 5.10 Å². The van der Waals surface area contributed by atoms with Crippen molar-refractivity contribution in [3.63, 3.8) is 0 Å². The molecular weight excluding hydrogens is 440 g/mol. The van der Waals surface area contributed by atoms with Gasteiger partial charge < -0.3 is 5.32 Å². The Kier molecular flexibility index (Phi) is 7.57. The lowest BCUT2D eigenvalue weighted by molar-refractivity contribution is -0.119. The van der Waals surface area contributed by atoms with E-state index in [2.05, 4.69) is 15.8 Å². The molecule has 0 unspecified atom stereocenters. The number of carbonyl (C=O) groups is 2. The van der Waals surface area contributed by atoms with Gasteiger partial charge in [-0.05, 0) is 48.9 Å². The molecule has 8 nitrogen and oxygen atoms in total. The maximum Gasteiger partial charge on any atom is 0.264 e. The number of amides is 2. The maximum absolute atomic E-state index is 13.2. The largest absolute Gasteiger partial charge is 0.326 e. The lowest BCUT2D eigenvalue weighted by Crippen LogP contribution is -2.39. The summed E-state index contributed by atoms with van der Waals surface area (Å²) in [5.41, 5.74) is 4.57. The van der Waals surface area contributed by atoms with Crippen molar-refractivity contribution in [3.8, 4) is 0 Å². The first-order valence-corrected chi connectivity index (χ1v) is 11.6. The second-order valence-electron chi connectivity index (χ2n) is 7.15. The highest BCUT2D eigenvalue weighted by Gasteiger charge is 2.26. The third-order valence-corrected chi connectivity index (χ3v) is 6.40. The van der Waals surface area contributed by atoms with Crippen molar-refractivity contribution in [1.29, 1.82) is 0 Å². The van der Waals surface area contributed by atoms with Gasteiger partial charge in [-0.2, -0.15) is 5.10 Å². The molecule has 0 saturated heterocycles. The minimum absolute atomic E-state index is 0.0797. The number of anilines is 2. The number of carbonyl (C=O) groups excluding carboxylic acids is 2. The van der Waals surface area contributed by atoms with Crippen LogP contribution in [0.2, 0.25) is 0 Å². The average Bonchev–Trinajstić information content (AvgIpc) is 2.81. The second-order valence-corrected chi connectivity index (χ2v) is 9.02. The number of nitrogens with one attached hydrogen (secondary N) is 2. The molecule has 0 spiro atoms. The molecule has 0 heterocycles. The predicted molar refractivity (Wildman–Crippen MR) is 129 cm³/mol. The zero-order chi connectivity index (χ0) is 23.8. The van der Waals surface area contributed by atoms with Crippen LogP contribution >= 0.6 is 0 Å². The van der Waals surface area contributed by atoms with Crippen molar-refractivity contribution < 1.29 is 18.0 Å². The van der Waals surface area contributed by atoms with Gasteiger partial charge in [0, 0.05) is 12.6 Å². The average molecular weight is 465 g/mol. The lowest BCUT2D eigenvalue weighted by atomic mass is 10.1. The van der Waals surface area contributed by atoms with E-state index in [4.69, 9.17) is 0 Å². The van der Waals surface area contributed by atoms with E-state index in [-0.39, 0.29) is 10.8 Å². The maximum atomic E-state index is 13.2. The molecule has 0 saturated carbocycles. The molecule has 9 heteroatoms. The summed E-state index contributed by atoms with van der Waals surface area (Å²) >= 11 is 0. The topological polar surface area (TPSA) is 108 Å². The first-order valence-electron chi connectivity index (χ1n) is 10.1. The zero-order valence-electron chi connectivity index (χ0n) is 18.2. The summed E-state index contributed by atoms with van der Waals surface area (Å²) in [7, 11) is -3.97. The molecule has 2 amide bonds. The van der Waals surface area contributed by atoms with E-state index in [1.54, 1.807) is 79.7 Å². The highest BCUT2D eigenvalue weighted by atomic mass is 32.2. The Morgan fingerprint density at radius 2 is 1.52 bits per heavy atom. The van der Waals surface area contributed by atoms with E-state index in [0.717, 1.165) is 4.31 Å². The molecule has 33 heavy (non-hydrogen) atoms. The Bertz CT molecular complexity index is 1260. The molecule has 0 aromatic heterocycles. The zero-order valence-corrected chi connectivity index (χ0v) is 19.0. The molecule has 170 valence electrons. The number of sulfonamides is 1. The molecule has 2 N–H and O–H groups in total. The summed E-state index contributed by atoms with van der Waals surface area (Å²) < 4.78 is 27.5. The minimum atomic E-state index is -3.97. The predicted octanol–water partition coefficient (Wildman–Crippen LogP) is 3.38. The van der Waals surface area contributed by atoms with Crippen molar-refractivity contribution in [3.05, 3.63) is 90.5 Å².